The summed E-state index contributed by atoms with van der Waals surface area (Å²) in [5.41, 5.74) is 0.965. The first kappa shape index (κ1) is 15.2. The van der Waals surface area contributed by atoms with Gasteiger partial charge in [-0.3, -0.25) is 4.79 Å². The van der Waals surface area contributed by atoms with Crippen LogP contribution in [-0.4, -0.2) is 32.1 Å². The second kappa shape index (κ2) is 5.83. The fourth-order valence-electron chi connectivity index (χ4n) is 2.65. The Morgan fingerprint density at radius 3 is 1.74 bits per heavy atom. The third-order valence-corrected chi connectivity index (χ3v) is 3.73. The number of nitrogens with zero attached hydrogens (tertiary/aromatic N) is 2. The molecule has 3 amide bonds. The molecule has 0 N–H and O–H groups in total. The van der Waals surface area contributed by atoms with Crippen LogP contribution in [-0.2, 0) is 14.3 Å². The highest BCUT2D eigenvalue weighted by Gasteiger charge is 2.60. The molecule has 1 heterocycles. The number of carbonyl (C=O) groups excluding carboxylic acids is 2. The summed E-state index contributed by atoms with van der Waals surface area (Å²) in [6.07, 6.45) is 0. The average Bonchev–Trinajstić information content (AvgIpc) is 2.83. The molecule has 0 atom stereocenters. The zero-order chi connectivity index (χ0) is 16.4. The van der Waals surface area contributed by atoms with Gasteiger partial charge in [0.25, 0.3) is 0 Å². The molecule has 0 spiro atoms. The second-order valence-corrected chi connectivity index (χ2v) is 4.92. The summed E-state index contributed by atoms with van der Waals surface area (Å²) in [6, 6.07) is 16.9. The van der Waals surface area contributed by atoms with E-state index in [1.165, 1.54) is 19.1 Å². The topological polar surface area (TPSA) is 59.1 Å². The Balaban J connectivity index is 2.15. The maximum Gasteiger partial charge on any atom is 0.344 e. The molecule has 1 fully saturated rings. The smallest absolute Gasteiger partial charge is 0.328 e. The molecule has 6 heteroatoms. The van der Waals surface area contributed by atoms with Crippen molar-refractivity contribution in [3.8, 4) is 0 Å². The van der Waals surface area contributed by atoms with Crippen molar-refractivity contribution in [3.05, 3.63) is 60.7 Å². The molecule has 3 rings (SSSR count). The molecule has 1 saturated heterocycles. The van der Waals surface area contributed by atoms with Gasteiger partial charge in [0.1, 0.15) is 0 Å². The van der Waals surface area contributed by atoms with Gasteiger partial charge in [0.2, 0.25) is 0 Å². The molecule has 6 nitrogen and oxygen atoms in total. The third kappa shape index (κ3) is 2.19. The SMILES string of the molecule is COC1(OC)C(=O)N(c2ccccc2)C(=O)N1c1ccccc1. The van der Waals surface area contributed by atoms with Crippen LogP contribution in [0.3, 0.4) is 0 Å². The van der Waals surface area contributed by atoms with Gasteiger partial charge in [0, 0.05) is 14.2 Å². The molecule has 23 heavy (non-hydrogen) atoms. The molecule has 0 radical (unpaired) electrons. The normalized spacial score (nSPS) is 17.0. The second-order valence-electron chi connectivity index (χ2n) is 4.92. The van der Waals surface area contributed by atoms with Gasteiger partial charge in [-0.25, -0.2) is 14.6 Å². The van der Waals surface area contributed by atoms with Crippen LogP contribution in [0, 0.1) is 0 Å². The lowest BCUT2D eigenvalue weighted by atomic mass is 10.2. The van der Waals surface area contributed by atoms with Gasteiger partial charge in [0.15, 0.2) is 0 Å². The Hall–Kier alpha value is -2.70. The van der Waals surface area contributed by atoms with Gasteiger partial charge in [0.05, 0.1) is 11.4 Å². The van der Waals surface area contributed by atoms with E-state index in [4.69, 9.17) is 9.47 Å². The van der Waals surface area contributed by atoms with Crippen LogP contribution in [0.2, 0.25) is 0 Å². The number of ether oxygens (including phenoxy) is 2. The van der Waals surface area contributed by atoms with E-state index in [9.17, 15) is 9.59 Å². The minimum Gasteiger partial charge on any atom is -0.328 e. The number of amides is 3. The number of anilines is 2. The van der Waals surface area contributed by atoms with Crippen molar-refractivity contribution in [3.63, 3.8) is 0 Å². The Labute approximate surface area is 133 Å². The molecule has 2 aromatic carbocycles. The zero-order valence-corrected chi connectivity index (χ0v) is 12.8. The van der Waals surface area contributed by atoms with Crippen LogP contribution in [0.5, 0.6) is 0 Å². The number of carbonyl (C=O) groups is 2. The fourth-order valence-corrected chi connectivity index (χ4v) is 2.65. The average molecular weight is 312 g/mol. The summed E-state index contributed by atoms with van der Waals surface area (Å²) in [5, 5.41) is 0. The predicted molar refractivity (Wildman–Crippen MR) is 85.0 cm³/mol. The van der Waals surface area contributed by atoms with Crippen molar-refractivity contribution in [2.24, 2.45) is 0 Å². The van der Waals surface area contributed by atoms with E-state index < -0.39 is 17.8 Å². The number of hydrogen-bond acceptors (Lipinski definition) is 4. The standard InChI is InChI=1S/C17H16N2O4/c1-22-17(23-2)15(20)18(13-9-5-3-6-10-13)16(21)19(17)14-11-7-4-8-12-14/h3-12H,1-2H3. The first-order chi connectivity index (χ1) is 11.2. The van der Waals surface area contributed by atoms with Crippen molar-refractivity contribution >= 4 is 23.3 Å². The number of para-hydroxylation sites is 2. The highest BCUT2D eigenvalue weighted by molar-refractivity contribution is 6.29. The summed E-state index contributed by atoms with van der Waals surface area (Å²) in [6.45, 7) is 0. The lowest BCUT2D eigenvalue weighted by Crippen LogP contribution is -2.53. The van der Waals surface area contributed by atoms with Crippen LogP contribution in [0.15, 0.2) is 60.7 Å². The van der Waals surface area contributed by atoms with Crippen LogP contribution in [0.4, 0.5) is 16.2 Å². The number of methoxy groups -OCH3 is 2. The quantitative estimate of drug-likeness (QED) is 0.643. The summed E-state index contributed by atoms with van der Waals surface area (Å²) in [5.74, 6) is -2.42. The Bertz CT molecular complexity index is 714. The number of benzene rings is 2. The molecular weight excluding hydrogens is 296 g/mol. The molecule has 0 aromatic heterocycles. The Morgan fingerprint density at radius 2 is 1.26 bits per heavy atom. The summed E-state index contributed by atoms with van der Waals surface area (Å²) in [7, 11) is 2.66. The van der Waals surface area contributed by atoms with Crippen molar-refractivity contribution in [1.82, 2.24) is 0 Å². The van der Waals surface area contributed by atoms with E-state index in [0.29, 0.717) is 11.4 Å². The molecule has 0 saturated carbocycles. The van der Waals surface area contributed by atoms with Gasteiger partial charge >= 0.3 is 17.8 Å². The van der Waals surface area contributed by atoms with E-state index in [1.54, 1.807) is 48.5 Å². The molecule has 1 aliphatic heterocycles. The minimum atomic E-state index is -1.83. The number of imide groups is 1. The summed E-state index contributed by atoms with van der Waals surface area (Å²) < 4.78 is 10.7. The molecule has 1 aliphatic rings. The lowest BCUT2D eigenvalue weighted by Gasteiger charge is -2.31. The van der Waals surface area contributed by atoms with E-state index in [2.05, 4.69) is 0 Å². The van der Waals surface area contributed by atoms with Crippen LogP contribution in [0.25, 0.3) is 0 Å². The van der Waals surface area contributed by atoms with Crippen molar-refractivity contribution < 1.29 is 19.1 Å². The van der Waals surface area contributed by atoms with Crippen LogP contribution in [0.1, 0.15) is 0 Å². The van der Waals surface area contributed by atoms with Crippen molar-refractivity contribution in [1.29, 1.82) is 0 Å². The van der Waals surface area contributed by atoms with Crippen LogP contribution >= 0.6 is 0 Å². The van der Waals surface area contributed by atoms with Crippen molar-refractivity contribution in [2.75, 3.05) is 24.0 Å². The van der Waals surface area contributed by atoms with E-state index in [1.807, 2.05) is 12.1 Å². The Kier molecular flexibility index (Phi) is 3.85. The zero-order valence-electron chi connectivity index (χ0n) is 12.8. The lowest BCUT2D eigenvalue weighted by molar-refractivity contribution is -0.197. The predicted octanol–water partition coefficient (Wildman–Crippen LogP) is 2.61. The first-order valence-electron chi connectivity index (χ1n) is 7.05. The maximum atomic E-state index is 12.9. The molecule has 0 aliphatic carbocycles. The molecular formula is C17H16N2O4. The van der Waals surface area contributed by atoms with Gasteiger partial charge in [-0.2, -0.15) is 0 Å². The van der Waals surface area contributed by atoms with E-state index in [-0.39, 0.29) is 0 Å². The highest BCUT2D eigenvalue weighted by Crippen LogP contribution is 2.37. The van der Waals surface area contributed by atoms with Gasteiger partial charge in [-0.1, -0.05) is 36.4 Å². The first-order valence-corrected chi connectivity index (χ1v) is 7.05. The molecule has 2 aromatic rings. The van der Waals surface area contributed by atoms with Crippen molar-refractivity contribution in [2.45, 2.75) is 5.91 Å². The Morgan fingerprint density at radius 1 is 0.783 bits per heavy atom. The number of rotatable bonds is 4. The van der Waals surface area contributed by atoms with E-state index in [0.717, 1.165) is 4.90 Å². The van der Waals surface area contributed by atoms with E-state index >= 15 is 0 Å². The number of urea groups is 1. The van der Waals surface area contributed by atoms with Gasteiger partial charge in [-0.15, -0.1) is 0 Å². The minimum absolute atomic E-state index is 0.458. The monoisotopic (exact) mass is 312 g/mol. The van der Waals surface area contributed by atoms with Crippen LogP contribution < -0.4 is 9.80 Å². The largest absolute Gasteiger partial charge is 0.344 e. The van der Waals surface area contributed by atoms with Gasteiger partial charge in [-0.05, 0) is 24.3 Å². The van der Waals surface area contributed by atoms with Gasteiger partial charge < -0.3 is 9.47 Å². The molecule has 0 unspecified atom stereocenters. The number of hydrogen-bond donors (Lipinski definition) is 0. The highest BCUT2D eigenvalue weighted by atomic mass is 16.7. The fraction of sp³-hybridized carbons (Fsp3) is 0.176. The summed E-state index contributed by atoms with van der Waals surface area (Å²) in [4.78, 5) is 28.1. The third-order valence-electron chi connectivity index (χ3n) is 3.73. The maximum absolute atomic E-state index is 12.9. The molecule has 118 valence electrons. The summed E-state index contributed by atoms with van der Waals surface area (Å²) >= 11 is 0. The molecule has 0 bridgehead atoms.